The lowest BCUT2D eigenvalue weighted by molar-refractivity contribution is 0.247. The summed E-state index contributed by atoms with van der Waals surface area (Å²) >= 11 is 0. The molecular weight excluding hydrogens is 197 g/mol. The number of benzene rings is 1. The molecule has 0 aliphatic carbocycles. The molecular formula is C11H16FNO2. The zero-order valence-electron chi connectivity index (χ0n) is 8.96. The summed E-state index contributed by atoms with van der Waals surface area (Å²) in [7, 11) is 1.41. The third kappa shape index (κ3) is 2.67. The van der Waals surface area contributed by atoms with Crippen LogP contribution in [0.2, 0.25) is 0 Å². The maximum absolute atomic E-state index is 13.4. The molecule has 15 heavy (non-hydrogen) atoms. The van der Waals surface area contributed by atoms with E-state index in [9.17, 15) is 4.39 Å². The first-order valence-electron chi connectivity index (χ1n) is 4.75. The minimum atomic E-state index is -0.720. The highest BCUT2D eigenvalue weighted by atomic mass is 19.1. The number of ether oxygens (including phenoxy) is 1. The van der Waals surface area contributed by atoms with Gasteiger partial charge in [0.15, 0.2) is 11.6 Å². The second-order valence-electron chi connectivity index (χ2n) is 3.74. The highest BCUT2D eigenvalue weighted by Crippen LogP contribution is 2.26. The SMILES string of the molecule is COc1ccc(C(C)(N)CCO)cc1F. The van der Waals surface area contributed by atoms with Crippen molar-refractivity contribution in [2.24, 2.45) is 5.73 Å². The van der Waals surface area contributed by atoms with Gasteiger partial charge in [-0.25, -0.2) is 4.39 Å². The third-order valence-electron chi connectivity index (χ3n) is 2.44. The zero-order valence-corrected chi connectivity index (χ0v) is 8.96. The Morgan fingerprint density at radius 1 is 1.53 bits per heavy atom. The molecule has 1 atom stereocenters. The maximum atomic E-state index is 13.4. The zero-order chi connectivity index (χ0) is 11.5. The van der Waals surface area contributed by atoms with Crippen LogP contribution < -0.4 is 10.5 Å². The molecule has 1 aromatic rings. The van der Waals surface area contributed by atoms with Gasteiger partial charge in [0.25, 0.3) is 0 Å². The van der Waals surface area contributed by atoms with Crippen molar-refractivity contribution in [3.8, 4) is 5.75 Å². The topological polar surface area (TPSA) is 55.5 Å². The minimum Gasteiger partial charge on any atom is -0.494 e. The molecule has 0 saturated heterocycles. The molecule has 1 rings (SSSR count). The first-order chi connectivity index (χ1) is 7.01. The Hall–Kier alpha value is -1.13. The van der Waals surface area contributed by atoms with Crippen molar-refractivity contribution >= 4 is 0 Å². The van der Waals surface area contributed by atoms with Crippen LogP contribution in [-0.4, -0.2) is 18.8 Å². The normalized spacial score (nSPS) is 14.7. The molecule has 84 valence electrons. The van der Waals surface area contributed by atoms with Crippen LogP contribution in [0.4, 0.5) is 4.39 Å². The summed E-state index contributed by atoms with van der Waals surface area (Å²) in [6.07, 6.45) is 0.388. The Kier molecular flexibility index (Phi) is 3.66. The number of halogens is 1. The van der Waals surface area contributed by atoms with Crippen LogP contribution in [-0.2, 0) is 5.54 Å². The highest BCUT2D eigenvalue weighted by molar-refractivity contribution is 5.32. The number of hydrogen-bond acceptors (Lipinski definition) is 3. The summed E-state index contributed by atoms with van der Waals surface area (Å²) in [6.45, 7) is 1.73. The van der Waals surface area contributed by atoms with Gasteiger partial charge in [-0.3, -0.25) is 0 Å². The van der Waals surface area contributed by atoms with E-state index in [2.05, 4.69) is 0 Å². The first-order valence-corrected chi connectivity index (χ1v) is 4.75. The fourth-order valence-electron chi connectivity index (χ4n) is 1.40. The Labute approximate surface area is 88.7 Å². The average Bonchev–Trinajstić information content (AvgIpc) is 2.17. The van der Waals surface area contributed by atoms with Crippen molar-refractivity contribution in [2.45, 2.75) is 18.9 Å². The standard InChI is InChI=1S/C11H16FNO2/c1-11(13,5-6-14)8-3-4-10(15-2)9(12)7-8/h3-4,7,14H,5-6,13H2,1-2H3. The van der Waals surface area contributed by atoms with E-state index in [-0.39, 0.29) is 12.4 Å². The number of nitrogens with two attached hydrogens (primary N) is 1. The molecule has 3 nitrogen and oxygen atoms in total. The van der Waals surface area contributed by atoms with Crippen LogP contribution in [0.15, 0.2) is 18.2 Å². The van der Waals surface area contributed by atoms with Gasteiger partial charge >= 0.3 is 0 Å². The monoisotopic (exact) mass is 213 g/mol. The lowest BCUT2D eigenvalue weighted by Crippen LogP contribution is -2.34. The predicted molar refractivity (Wildman–Crippen MR) is 56.2 cm³/mol. The number of hydrogen-bond donors (Lipinski definition) is 2. The van der Waals surface area contributed by atoms with Gasteiger partial charge < -0.3 is 15.6 Å². The van der Waals surface area contributed by atoms with Crippen LogP contribution in [0.5, 0.6) is 5.75 Å². The fraction of sp³-hybridized carbons (Fsp3) is 0.455. The summed E-state index contributed by atoms with van der Waals surface area (Å²) in [5.74, 6) is -0.247. The maximum Gasteiger partial charge on any atom is 0.165 e. The summed E-state index contributed by atoms with van der Waals surface area (Å²) in [5.41, 5.74) is 5.87. The van der Waals surface area contributed by atoms with Gasteiger partial charge in [0.2, 0.25) is 0 Å². The molecule has 0 fully saturated rings. The van der Waals surface area contributed by atoms with Gasteiger partial charge in [0.1, 0.15) is 0 Å². The van der Waals surface area contributed by atoms with Gasteiger partial charge in [-0.2, -0.15) is 0 Å². The Morgan fingerprint density at radius 2 is 2.20 bits per heavy atom. The van der Waals surface area contributed by atoms with E-state index in [1.165, 1.54) is 19.2 Å². The van der Waals surface area contributed by atoms with Crippen LogP contribution in [0.1, 0.15) is 18.9 Å². The fourth-order valence-corrected chi connectivity index (χ4v) is 1.40. The second-order valence-corrected chi connectivity index (χ2v) is 3.74. The summed E-state index contributed by atoms with van der Waals surface area (Å²) < 4.78 is 18.2. The van der Waals surface area contributed by atoms with Gasteiger partial charge in [-0.1, -0.05) is 6.07 Å². The Morgan fingerprint density at radius 3 is 2.67 bits per heavy atom. The summed E-state index contributed by atoms with van der Waals surface area (Å²) in [6, 6.07) is 4.58. The van der Waals surface area contributed by atoms with E-state index in [0.29, 0.717) is 12.0 Å². The van der Waals surface area contributed by atoms with Crippen molar-refractivity contribution in [1.82, 2.24) is 0 Å². The molecule has 0 saturated carbocycles. The third-order valence-corrected chi connectivity index (χ3v) is 2.44. The smallest absolute Gasteiger partial charge is 0.165 e. The minimum absolute atomic E-state index is 0.0271. The molecule has 0 radical (unpaired) electrons. The second kappa shape index (κ2) is 4.59. The van der Waals surface area contributed by atoms with Crippen LogP contribution in [0.25, 0.3) is 0 Å². The Bertz CT molecular complexity index is 339. The lowest BCUT2D eigenvalue weighted by Gasteiger charge is -2.24. The van der Waals surface area contributed by atoms with Crippen molar-refractivity contribution in [3.63, 3.8) is 0 Å². The largest absolute Gasteiger partial charge is 0.494 e. The van der Waals surface area contributed by atoms with Gasteiger partial charge in [0, 0.05) is 12.1 Å². The molecule has 0 spiro atoms. The number of aliphatic hydroxyl groups excluding tert-OH is 1. The summed E-state index contributed by atoms with van der Waals surface area (Å²) in [5, 5.41) is 8.83. The molecule has 0 aromatic heterocycles. The summed E-state index contributed by atoms with van der Waals surface area (Å²) in [4.78, 5) is 0. The molecule has 0 aliphatic rings. The predicted octanol–water partition coefficient (Wildman–Crippen LogP) is 1.39. The number of methoxy groups -OCH3 is 1. The van der Waals surface area contributed by atoms with E-state index in [1.807, 2.05) is 0 Å². The number of rotatable bonds is 4. The van der Waals surface area contributed by atoms with Crippen LogP contribution in [0, 0.1) is 5.82 Å². The van der Waals surface area contributed by atoms with Crippen molar-refractivity contribution in [2.75, 3.05) is 13.7 Å². The van der Waals surface area contributed by atoms with E-state index in [0.717, 1.165) is 0 Å². The number of aliphatic hydroxyl groups is 1. The molecule has 0 bridgehead atoms. The van der Waals surface area contributed by atoms with Gasteiger partial charge in [-0.15, -0.1) is 0 Å². The van der Waals surface area contributed by atoms with Gasteiger partial charge in [0.05, 0.1) is 7.11 Å². The Balaban J connectivity index is 3.01. The van der Waals surface area contributed by atoms with Crippen molar-refractivity contribution in [1.29, 1.82) is 0 Å². The molecule has 3 N–H and O–H groups in total. The molecule has 0 aliphatic heterocycles. The van der Waals surface area contributed by atoms with E-state index >= 15 is 0 Å². The van der Waals surface area contributed by atoms with E-state index in [1.54, 1.807) is 13.0 Å². The lowest BCUT2D eigenvalue weighted by atomic mass is 9.90. The first kappa shape index (κ1) is 11.9. The molecule has 0 amide bonds. The molecule has 1 aromatic carbocycles. The molecule has 0 heterocycles. The van der Waals surface area contributed by atoms with Gasteiger partial charge in [-0.05, 0) is 31.0 Å². The molecule has 4 heteroatoms. The van der Waals surface area contributed by atoms with Crippen molar-refractivity contribution < 1.29 is 14.2 Å². The van der Waals surface area contributed by atoms with E-state index < -0.39 is 11.4 Å². The van der Waals surface area contributed by atoms with Crippen molar-refractivity contribution in [3.05, 3.63) is 29.6 Å². The highest BCUT2D eigenvalue weighted by Gasteiger charge is 2.21. The molecule has 1 unspecified atom stereocenters. The van der Waals surface area contributed by atoms with E-state index in [4.69, 9.17) is 15.6 Å². The van der Waals surface area contributed by atoms with Crippen LogP contribution in [0.3, 0.4) is 0 Å². The average molecular weight is 213 g/mol. The quantitative estimate of drug-likeness (QED) is 0.794. The van der Waals surface area contributed by atoms with Crippen LogP contribution >= 0.6 is 0 Å².